The lowest BCUT2D eigenvalue weighted by atomic mass is 10.2. The Morgan fingerprint density at radius 1 is 1.46 bits per heavy atom. The van der Waals surface area contributed by atoms with Crippen LogP contribution in [0.25, 0.3) is 0 Å². The summed E-state index contributed by atoms with van der Waals surface area (Å²) in [6.45, 7) is 4.87. The highest BCUT2D eigenvalue weighted by atomic mass is 28.2. The molecule has 1 rings (SSSR count). The smallest absolute Gasteiger partial charge is 0.144 e. The van der Waals surface area contributed by atoms with Crippen LogP contribution in [0.2, 0.25) is 0 Å². The SMILES string of the molecule is CC(C)N([Si])Cc1cccc(F)c1. The molecule has 0 spiro atoms. The number of rotatable bonds is 3. The lowest BCUT2D eigenvalue weighted by molar-refractivity contribution is 0.373. The van der Waals surface area contributed by atoms with E-state index in [0.29, 0.717) is 12.6 Å². The van der Waals surface area contributed by atoms with E-state index in [-0.39, 0.29) is 5.82 Å². The van der Waals surface area contributed by atoms with Gasteiger partial charge in [0.15, 0.2) is 0 Å². The number of hydrogen-bond donors (Lipinski definition) is 0. The molecule has 3 heteroatoms. The average Bonchev–Trinajstić information content (AvgIpc) is 2.04. The summed E-state index contributed by atoms with van der Waals surface area (Å²) in [7, 11) is 3.47. The Balaban J connectivity index is 2.64. The molecule has 0 amide bonds. The van der Waals surface area contributed by atoms with E-state index in [1.54, 1.807) is 12.1 Å². The predicted octanol–water partition coefficient (Wildman–Crippen LogP) is 2.12. The summed E-state index contributed by atoms with van der Waals surface area (Å²) in [6.07, 6.45) is 0. The lowest BCUT2D eigenvalue weighted by Gasteiger charge is -2.20. The fourth-order valence-corrected chi connectivity index (χ4v) is 1.20. The van der Waals surface area contributed by atoms with Crippen LogP contribution in [0.5, 0.6) is 0 Å². The van der Waals surface area contributed by atoms with Crippen molar-refractivity contribution >= 4 is 10.4 Å². The highest BCUT2D eigenvalue weighted by molar-refractivity contribution is 6.04. The second-order valence-electron chi connectivity index (χ2n) is 3.35. The Hall–Kier alpha value is -0.673. The van der Waals surface area contributed by atoms with Crippen molar-refractivity contribution in [3.63, 3.8) is 0 Å². The van der Waals surface area contributed by atoms with Crippen LogP contribution >= 0.6 is 0 Å². The Labute approximate surface area is 82.1 Å². The van der Waals surface area contributed by atoms with Crippen molar-refractivity contribution in [3.8, 4) is 0 Å². The van der Waals surface area contributed by atoms with Crippen LogP contribution in [-0.2, 0) is 6.54 Å². The third kappa shape index (κ3) is 3.28. The monoisotopic (exact) mass is 194 g/mol. The van der Waals surface area contributed by atoms with E-state index in [0.717, 1.165) is 5.56 Å². The highest BCUT2D eigenvalue weighted by Gasteiger charge is 2.04. The Bertz CT molecular complexity index is 275. The zero-order chi connectivity index (χ0) is 9.84. The summed E-state index contributed by atoms with van der Waals surface area (Å²) in [6, 6.07) is 7.05. The summed E-state index contributed by atoms with van der Waals surface area (Å²) in [5, 5.41) is 0. The van der Waals surface area contributed by atoms with E-state index < -0.39 is 0 Å². The number of hydrogen-bond acceptors (Lipinski definition) is 1. The number of benzene rings is 1. The maximum Gasteiger partial charge on any atom is 0.144 e. The van der Waals surface area contributed by atoms with Crippen molar-refractivity contribution in [2.75, 3.05) is 0 Å². The fourth-order valence-electron chi connectivity index (χ4n) is 1.01. The second-order valence-corrected chi connectivity index (χ2v) is 3.93. The molecule has 0 bridgehead atoms. The average molecular weight is 194 g/mol. The molecule has 0 atom stereocenters. The first-order valence-corrected chi connectivity index (χ1v) is 4.76. The van der Waals surface area contributed by atoms with Gasteiger partial charge < -0.3 is 4.57 Å². The van der Waals surface area contributed by atoms with Crippen molar-refractivity contribution in [2.24, 2.45) is 0 Å². The minimum atomic E-state index is -0.179. The zero-order valence-electron chi connectivity index (χ0n) is 7.92. The molecule has 0 saturated carbocycles. The largest absolute Gasteiger partial charge is 0.320 e. The molecular formula is C10H13FNSi. The quantitative estimate of drug-likeness (QED) is 0.666. The molecule has 0 saturated heterocycles. The van der Waals surface area contributed by atoms with Crippen LogP contribution in [0.4, 0.5) is 4.39 Å². The third-order valence-corrected chi connectivity index (χ3v) is 2.54. The topological polar surface area (TPSA) is 3.24 Å². The molecule has 0 heterocycles. The van der Waals surface area contributed by atoms with Gasteiger partial charge in [-0.25, -0.2) is 4.39 Å². The van der Waals surface area contributed by atoms with Gasteiger partial charge in [-0.2, -0.15) is 0 Å². The minimum Gasteiger partial charge on any atom is -0.320 e. The first-order valence-electron chi connectivity index (χ1n) is 4.32. The van der Waals surface area contributed by atoms with Gasteiger partial charge >= 0.3 is 0 Å². The van der Waals surface area contributed by atoms with Gasteiger partial charge in [-0.3, -0.25) is 0 Å². The summed E-state index contributed by atoms with van der Waals surface area (Å²) in [5.41, 5.74) is 0.976. The van der Waals surface area contributed by atoms with Gasteiger partial charge in [-0.1, -0.05) is 26.0 Å². The molecule has 0 aliphatic carbocycles. The molecule has 1 aromatic rings. The summed E-state index contributed by atoms with van der Waals surface area (Å²) >= 11 is 0. The molecule has 0 aliphatic heterocycles. The van der Waals surface area contributed by atoms with E-state index in [9.17, 15) is 4.39 Å². The molecule has 0 aromatic heterocycles. The number of halogens is 1. The highest BCUT2D eigenvalue weighted by Crippen LogP contribution is 2.07. The first kappa shape index (κ1) is 10.4. The maximum atomic E-state index is 12.8. The summed E-state index contributed by atoms with van der Waals surface area (Å²) < 4.78 is 14.8. The van der Waals surface area contributed by atoms with Gasteiger partial charge in [0.05, 0.1) is 0 Å². The van der Waals surface area contributed by atoms with Crippen LogP contribution in [0.1, 0.15) is 19.4 Å². The summed E-state index contributed by atoms with van der Waals surface area (Å²) in [5.74, 6) is -0.179. The molecule has 1 nitrogen and oxygen atoms in total. The molecule has 1 aromatic carbocycles. The molecule has 0 fully saturated rings. The second kappa shape index (κ2) is 4.53. The van der Waals surface area contributed by atoms with E-state index in [2.05, 4.69) is 24.3 Å². The molecule has 13 heavy (non-hydrogen) atoms. The van der Waals surface area contributed by atoms with Gasteiger partial charge in [0.25, 0.3) is 0 Å². The van der Waals surface area contributed by atoms with Crippen LogP contribution in [0.15, 0.2) is 24.3 Å². The van der Waals surface area contributed by atoms with Crippen molar-refractivity contribution < 1.29 is 4.39 Å². The Kier molecular flexibility index (Phi) is 3.63. The molecule has 69 valence electrons. The van der Waals surface area contributed by atoms with Crippen molar-refractivity contribution in [3.05, 3.63) is 35.6 Å². The fraction of sp³-hybridized carbons (Fsp3) is 0.400. The van der Waals surface area contributed by atoms with Crippen molar-refractivity contribution in [1.29, 1.82) is 0 Å². The normalized spacial score (nSPS) is 11.2. The summed E-state index contributed by atoms with van der Waals surface area (Å²) in [4.78, 5) is 0. The minimum absolute atomic E-state index is 0.179. The van der Waals surface area contributed by atoms with E-state index >= 15 is 0 Å². The molecular weight excluding hydrogens is 181 g/mol. The van der Waals surface area contributed by atoms with E-state index in [1.807, 2.05) is 10.6 Å². The lowest BCUT2D eigenvalue weighted by Crippen LogP contribution is -2.27. The molecule has 0 unspecified atom stereocenters. The first-order chi connectivity index (χ1) is 6.09. The van der Waals surface area contributed by atoms with E-state index in [4.69, 9.17) is 0 Å². The predicted molar refractivity (Wildman–Crippen MR) is 52.8 cm³/mol. The van der Waals surface area contributed by atoms with Gasteiger partial charge in [0.2, 0.25) is 0 Å². The zero-order valence-corrected chi connectivity index (χ0v) is 8.92. The Morgan fingerprint density at radius 2 is 2.15 bits per heavy atom. The standard InChI is InChI=1S/C10H13FNSi/c1-8(2)12(13)7-9-4-3-5-10(11)6-9/h3-6,8H,7H2,1-2H3. The van der Waals surface area contributed by atoms with Gasteiger partial charge in [0.1, 0.15) is 16.2 Å². The van der Waals surface area contributed by atoms with Crippen LogP contribution in [0, 0.1) is 5.82 Å². The molecule has 0 aliphatic rings. The van der Waals surface area contributed by atoms with Crippen molar-refractivity contribution in [2.45, 2.75) is 26.4 Å². The van der Waals surface area contributed by atoms with Crippen LogP contribution in [0.3, 0.4) is 0 Å². The molecule has 3 radical (unpaired) electrons. The molecule has 0 N–H and O–H groups in total. The van der Waals surface area contributed by atoms with Crippen LogP contribution < -0.4 is 0 Å². The van der Waals surface area contributed by atoms with Gasteiger partial charge in [0, 0.05) is 6.54 Å². The van der Waals surface area contributed by atoms with E-state index in [1.165, 1.54) is 6.07 Å². The van der Waals surface area contributed by atoms with Gasteiger partial charge in [-0.15, -0.1) is 0 Å². The van der Waals surface area contributed by atoms with Gasteiger partial charge in [-0.05, 0) is 23.7 Å². The van der Waals surface area contributed by atoms with Crippen molar-refractivity contribution in [1.82, 2.24) is 4.57 Å². The van der Waals surface area contributed by atoms with Crippen LogP contribution in [-0.4, -0.2) is 21.0 Å². The Morgan fingerprint density at radius 3 is 2.69 bits per heavy atom. The number of nitrogens with zero attached hydrogens (tertiary/aromatic N) is 1. The maximum absolute atomic E-state index is 12.8. The third-order valence-electron chi connectivity index (χ3n) is 1.87.